The molecule has 1 amide bonds. The van der Waals surface area contributed by atoms with E-state index in [0.717, 1.165) is 29.8 Å². The molecule has 0 aromatic heterocycles. The Morgan fingerprint density at radius 3 is 3.06 bits per heavy atom. The lowest BCUT2D eigenvalue weighted by molar-refractivity contribution is -0.119. The molecule has 0 saturated carbocycles. The van der Waals surface area contributed by atoms with Crippen molar-refractivity contribution >= 4 is 11.6 Å². The monoisotopic (exact) mass is 248 g/mol. The highest BCUT2D eigenvalue weighted by molar-refractivity contribution is 5.95. The standard InChI is InChI=1S/C14H20N2O2/c1-2-3-4-14(17)16-7-8-18-13-9-11(10-15)5-6-12(13)16/h5-6,9H,2-4,7-8,10,15H2,1H3. The summed E-state index contributed by atoms with van der Waals surface area (Å²) in [5.74, 6) is 0.955. The van der Waals surface area contributed by atoms with Crippen molar-refractivity contribution in [1.82, 2.24) is 0 Å². The van der Waals surface area contributed by atoms with Gasteiger partial charge in [-0.2, -0.15) is 0 Å². The van der Waals surface area contributed by atoms with Crippen molar-refractivity contribution in [2.45, 2.75) is 32.7 Å². The number of unbranched alkanes of at least 4 members (excludes halogenated alkanes) is 1. The Morgan fingerprint density at radius 1 is 1.50 bits per heavy atom. The molecule has 1 aromatic rings. The van der Waals surface area contributed by atoms with E-state index in [9.17, 15) is 4.79 Å². The summed E-state index contributed by atoms with van der Waals surface area (Å²) in [6.45, 7) is 3.77. The summed E-state index contributed by atoms with van der Waals surface area (Å²) in [6.07, 6.45) is 2.58. The molecular weight excluding hydrogens is 228 g/mol. The van der Waals surface area contributed by atoms with Crippen LogP contribution in [0.4, 0.5) is 5.69 Å². The van der Waals surface area contributed by atoms with Crippen molar-refractivity contribution in [2.24, 2.45) is 5.73 Å². The molecule has 4 heteroatoms. The lowest BCUT2D eigenvalue weighted by atomic mass is 10.1. The summed E-state index contributed by atoms with van der Waals surface area (Å²) in [5.41, 5.74) is 7.51. The van der Waals surface area contributed by atoms with E-state index in [0.29, 0.717) is 26.1 Å². The third-order valence-corrected chi connectivity index (χ3v) is 3.17. The summed E-state index contributed by atoms with van der Waals surface area (Å²) in [5, 5.41) is 0. The fourth-order valence-electron chi connectivity index (χ4n) is 2.11. The Hall–Kier alpha value is -1.55. The van der Waals surface area contributed by atoms with Gasteiger partial charge in [-0.15, -0.1) is 0 Å². The van der Waals surface area contributed by atoms with Crippen molar-refractivity contribution in [1.29, 1.82) is 0 Å². The van der Waals surface area contributed by atoms with Gasteiger partial charge in [0.05, 0.1) is 12.2 Å². The van der Waals surface area contributed by atoms with E-state index in [1.165, 1.54) is 0 Å². The first-order valence-corrected chi connectivity index (χ1v) is 6.52. The largest absolute Gasteiger partial charge is 0.490 e. The summed E-state index contributed by atoms with van der Waals surface area (Å²) < 4.78 is 5.60. The van der Waals surface area contributed by atoms with Crippen molar-refractivity contribution in [3.05, 3.63) is 23.8 Å². The zero-order valence-electron chi connectivity index (χ0n) is 10.8. The van der Waals surface area contributed by atoms with E-state index < -0.39 is 0 Å². The number of anilines is 1. The van der Waals surface area contributed by atoms with Gasteiger partial charge in [0, 0.05) is 13.0 Å². The first kappa shape index (κ1) is 12.9. The first-order chi connectivity index (χ1) is 8.76. The van der Waals surface area contributed by atoms with E-state index in [-0.39, 0.29) is 5.91 Å². The van der Waals surface area contributed by atoms with Crippen molar-refractivity contribution in [2.75, 3.05) is 18.1 Å². The molecule has 98 valence electrons. The Morgan fingerprint density at radius 2 is 2.33 bits per heavy atom. The molecule has 0 radical (unpaired) electrons. The maximum atomic E-state index is 12.1. The minimum Gasteiger partial charge on any atom is -0.490 e. The molecule has 2 N–H and O–H groups in total. The maximum Gasteiger partial charge on any atom is 0.227 e. The van der Waals surface area contributed by atoms with Crippen molar-refractivity contribution in [3.63, 3.8) is 0 Å². The van der Waals surface area contributed by atoms with E-state index in [1.54, 1.807) is 0 Å². The molecule has 4 nitrogen and oxygen atoms in total. The number of amides is 1. The normalized spacial score (nSPS) is 14.0. The van der Waals surface area contributed by atoms with E-state index >= 15 is 0 Å². The van der Waals surface area contributed by atoms with Crippen LogP contribution in [-0.2, 0) is 11.3 Å². The van der Waals surface area contributed by atoms with Gasteiger partial charge in [0.2, 0.25) is 5.91 Å². The summed E-state index contributed by atoms with van der Waals surface area (Å²) in [6, 6.07) is 5.81. The van der Waals surface area contributed by atoms with Gasteiger partial charge < -0.3 is 15.4 Å². The quantitative estimate of drug-likeness (QED) is 0.887. The number of nitrogens with zero attached hydrogens (tertiary/aromatic N) is 1. The Balaban J connectivity index is 2.19. The maximum absolute atomic E-state index is 12.1. The molecule has 1 heterocycles. The predicted molar refractivity (Wildman–Crippen MR) is 71.7 cm³/mol. The average molecular weight is 248 g/mol. The second-order valence-corrected chi connectivity index (χ2v) is 4.50. The number of benzene rings is 1. The minimum atomic E-state index is 0.182. The molecule has 0 saturated heterocycles. The molecule has 1 aromatic carbocycles. The number of carbonyl (C=O) groups is 1. The fourth-order valence-corrected chi connectivity index (χ4v) is 2.11. The van der Waals surface area contributed by atoms with Gasteiger partial charge >= 0.3 is 0 Å². The predicted octanol–water partition coefficient (Wildman–Crippen LogP) is 2.06. The number of hydrogen-bond acceptors (Lipinski definition) is 3. The zero-order valence-corrected chi connectivity index (χ0v) is 10.8. The first-order valence-electron chi connectivity index (χ1n) is 6.52. The van der Waals surface area contributed by atoms with Crippen LogP contribution in [0.1, 0.15) is 31.7 Å². The Kier molecular flexibility index (Phi) is 4.20. The average Bonchev–Trinajstić information content (AvgIpc) is 2.43. The van der Waals surface area contributed by atoms with Gasteiger partial charge in [-0.05, 0) is 24.1 Å². The van der Waals surface area contributed by atoms with Crippen LogP contribution in [0, 0.1) is 0 Å². The van der Waals surface area contributed by atoms with Crippen molar-refractivity contribution in [3.8, 4) is 5.75 Å². The number of ether oxygens (including phenoxy) is 1. The fraction of sp³-hybridized carbons (Fsp3) is 0.500. The zero-order chi connectivity index (χ0) is 13.0. The molecule has 18 heavy (non-hydrogen) atoms. The topological polar surface area (TPSA) is 55.6 Å². The molecule has 0 unspecified atom stereocenters. The van der Waals surface area contributed by atoms with Gasteiger partial charge in [-0.3, -0.25) is 4.79 Å². The molecule has 0 fully saturated rings. The molecule has 0 bridgehead atoms. The van der Waals surface area contributed by atoms with Gasteiger partial charge in [-0.1, -0.05) is 19.4 Å². The van der Waals surface area contributed by atoms with E-state index in [2.05, 4.69) is 6.92 Å². The van der Waals surface area contributed by atoms with Crippen molar-refractivity contribution < 1.29 is 9.53 Å². The number of hydrogen-bond donors (Lipinski definition) is 1. The van der Waals surface area contributed by atoms with Gasteiger partial charge in [-0.25, -0.2) is 0 Å². The highest BCUT2D eigenvalue weighted by atomic mass is 16.5. The smallest absolute Gasteiger partial charge is 0.227 e. The molecule has 1 aliphatic rings. The van der Waals surface area contributed by atoms with Gasteiger partial charge in [0.25, 0.3) is 0 Å². The van der Waals surface area contributed by atoms with Gasteiger partial charge in [0.15, 0.2) is 0 Å². The molecule has 0 spiro atoms. The van der Waals surface area contributed by atoms with Crippen LogP contribution in [0.15, 0.2) is 18.2 Å². The number of fused-ring (bicyclic) bond motifs is 1. The number of rotatable bonds is 4. The van der Waals surface area contributed by atoms with E-state index in [1.807, 2.05) is 23.1 Å². The van der Waals surface area contributed by atoms with E-state index in [4.69, 9.17) is 10.5 Å². The molecular formula is C14H20N2O2. The third-order valence-electron chi connectivity index (χ3n) is 3.17. The van der Waals surface area contributed by atoms with Crippen LogP contribution >= 0.6 is 0 Å². The molecule has 0 atom stereocenters. The van der Waals surface area contributed by atoms with Crippen LogP contribution in [0.5, 0.6) is 5.75 Å². The van der Waals surface area contributed by atoms with Crippen LogP contribution in [0.2, 0.25) is 0 Å². The third kappa shape index (κ3) is 2.64. The Labute approximate surface area is 108 Å². The number of nitrogens with two attached hydrogens (primary N) is 1. The second-order valence-electron chi connectivity index (χ2n) is 4.50. The van der Waals surface area contributed by atoms with Crippen LogP contribution in [-0.4, -0.2) is 19.1 Å². The second kappa shape index (κ2) is 5.87. The Bertz CT molecular complexity index is 432. The SMILES string of the molecule is CCCCC(=O)N1CCOc2cc(CN)ccc21. The molecule has 1 aliphatic heterocycles. The van der Waals surface area contributed by atoms with Gasteiger partial charge in [0.1, 0.15) is 12.4 Å². The minimum absolute atomic E-state index is 0.182. The summed E-state index contributed by atoms with van der Waals surface area (Å²) in [4.78, 5) is 13.9. The lowest BCUT2D eigenvalue weighted by Crippen LogP contribution is -2.37. The summed E-state index contributed by atoms with van der Waals surface area (Å²) in [7, 11) is 0. The van der Waals surface area contributed by atoms with Crippen LogP contribution in [0.25, 0.3) is 0 Å². The summed E-state index contributed by atoms with van der Waals surface area (Å²) >= 11 is 0. The van der Waals surface area contributed by atoms with Crippen LogP contribution in [0.3, 0.4) is 0 Å². The molecule has 2 rings (SSSR count). The highest BCUT2D eigenvalue weighted by Crippen LogP contribution is 2.32. The molecule has 0 aliphatic carbocycles. The lowest BCUT2D eigenvalue weighted by Gasteiger charge is -2.30. The van der Waals surface area contributed by atoms with Crippen LogP contribution < -0.4 is 15.4 Å². The number of carbonyl (C=O) groups excluding carboxylic acids is 1. The highest BCUT2D eigenvalue weighted by Gasteiger charge is 2.23.